The first-order valence-corrected chi connectivity index (χ1v) is 15.2. The molecule has 0 atom stereocenters. The Labute approximate surface area is 264 Å². The molecule has 2 aliphatic heterocycles. The van der Waals surface area contributed by atoms with Crippen LogP contribution >= 0.6 is 11.6 Å². The van der Waals surface area contributed by atoms with Crippen molar-refractivity contribution in [2.24, 2.45) is 0 Å². The normalized spacial score (nSPS) is 15.4. The van der Waals surface area contributed by atoms with E-state index in [9.17, 15) is 28.4 Å². The Hall–Kier alpha value is -4.45. The van der Waals surface area contributed by atoms with Gasteiger partial charge in [0.1, 0.15) is 18.1 Å². The highest BCUT2D eigenvalue weighted by molar-refractivity contribution is 6.33. The van der Waals surface area contributed by atoms with Crippen molar-refractivity contribution in [3.05, 3.63) is 85.4 Å². The van der Waals surface area contributed by atoms with Crippen LogP contribution in [0, 0.1) is 5.82 Å². The number of nitrogens with one attached hydrogen (secondary N) is 1. The molecule has 0 unspecified atom stereocenters. The van der Waals surface area contributed by atoms with Crippen molar-refractivity contribution in [2.45, 2.75) is 51.7 Å². The molecule has 5 rings (SSSR count). The Morgan fingerprint density at radius 2 is 1.80 bits per heavy atom. The molecule has 1 saturated heterocycles. The van der Waals surface area contributed by atoms with E-state index < -0.39 is 17.1 Å². The second-order valence-corrected chi connectivity index (χ2v) is 11.6. The second-order valence-electron chi connectivity index (χ2n) is 11.3. The highest BCUT2D eigenvalue weighted by Gasteiger charge is 2.31. The molecule has 13 heteroatoms. The van der Waals surface area contributed by atoms with Crippen molar-refractivity contribution in [2.75, 3.05) is 33.3 Å². The smallest absolute Gasteiger partial charge is 0.331 e. The molecule has 0 radical (unpaired) electrons. The molecule has 45 heavy (non-hydrogen) atoms. The van der Waals surface area contributed by atoms with E-state index in [2.05, 4.69) is 5.32 Å². The van der Waals surface area contributed by atoms with Crippen LogP contribution in [-0.2, 0) is 40.3 Å². The summed E-state index contributed by atoms with van der Waals surface area (Å²) >= 11 is 6.18. The lowest BCUT2D eigenvalue weighted by Crippen LogP contribution is -2.50. The number of carbonyl (C=O) groups excluding carboxylic acids is 3. The quantitative estimate of drug-likeness (QED) is 0.403. The lowest BCUT2D eigenvalue weighted by molar-refractivity contribution is -0.136. The van der Waals surface area contributed by atoms with Gasteiger partial charge in [-0.15, -0.1) is 0 Å². The van der Waals surface area contributed by atoms with E-state index in [1.165, 1.54) is 25.3 Å². The van der Waals surface area contributed by atoms with E-state index in [1.54, 1.807) is 12.0 Å². The molecule has 2 aromatic carbocycles. The predicted octanol–water partition coefficient (Wildman–Crippen LogP) is 2.23. The number of nitrogens with zero attached hydrogens (tertiary/aromatic N) is 4. The van der Waals surface area contributed by atoms with E-state index >= 15 is 0 Å². The molecule has 0 bridgehead atoms. The SMILES string of the molecule is COc1ccc2c(c1)CCN(C1CCN(C(=O)Cn3cc(-c4cccc(F)c4Cl)c(=O)n(CCNC(C)=O)c3=O)CC1)C(=O)C2. The average molecular weight is 640 g/mol. The second kappa shape index (κ2) is 13.7. The number of rotatable bonds is 8. The Kier molecular flexibility index (Phi) is 9.71. The minimum absolute atomic E-state index is 0.000121. The molecule has 1 aromatic heterocycles. The van der Waals surface area contributed by atoms with Gasteiger partial charge in [-0.3, -0.25) is 28.3 Å². The number of methoxy groups -OCH3 is 1. The summed E-state index contributed by atoms with van der Waals surface area (Å²) in [6, 6.07) is 9.77. The number of amides is 3. The Bertz CT molecular complexity index is 1750. The molecule has 0 spiro atoms. The van der Waals surface area contributed by atoms with Gasteiger partial charge in [-0.2, -0.15) is 0 Å². The zero-order valence-electron chi connectivity index (χ0n) is 25.2. The van der Waals surface area contributed by atoms with Gasteiger partial charge in [-0.25, -0.2) is 9.18 Å². The number of ether oxygens (including phenoxy) is 1. The van der Waals surface area contributed by atoms with E-state index in [4.69, 9.17) is 16.3 Å². The molecule has 3 amide bonds. The van der Waals surface area contributed by atoms with E-state index in [0.29, 0.717) is 38.9 Å². The van der Waals surface area contributed by atoms with Crippen LogP contribution in [0.1, 0.15) is 30.9 Å². The minimum atomic E-state index is -0.740. The monoisotopic (exact) mass is 639 g/mol. The van der Waals surface area contributed by atoms with Crippen molar-refractivity contribution in [1.82, 2.24) is 24.3 Å². The maximum atomic E-state index is 14.3. The minimum Gasteiger partial charge on any atom is -0.497 e. The van der Waals surface area contributed by atoms with Crippen LogP contribution in [0.2, 0.25) is 5.02 Å². The van der Waals surface area contributed by atoms with Crippen molar-refractivity contribution in [3.63, 3.8) is 0 Å². The van der Waals surface area contributed by atoms with Gasteiger partial charge in [0.15, 0.2) is 0 Å². The molecule has 3 aromatic rings. The maximum absolute atomic E-state index is 14.3. The van der Waals surface area contributed by atoms with Crippen LogP contribution < -0.4 is 21.3 Å². The molecule has 3 heterocycles. The highest BCUT2D eigenvalue weighted by atomic mass is 35.5. The van der Waals surface area contributed by atoms with Gasteiger partial charge in [0.25, 0.3) is 5.56 Å². The Morgan fingerprint density at radius 1 is 1.04 bits per heavy atom. The molecule has 238 valence electrons. The van der Waals surface area contributed by atoms with Gasteiger partial charge < -0.3 is 19.9 Å². The van der Waals surface area contributed by atoms with Crippen LogP contribution in [0.5, 0.6) is 5.75 Å². The number of likely N-dealkylation sites (tertiary alicyclic amines) is 1. The number of piperidine rings is 1. The van der Waals surface area contributed by atoms with Crippen LogP contribution in [0.15, 0.2) is 52.2 Å². The van der Waals surface area contributed by atoms with Crippen LogP contribution in [0.4, 0.5) is 4.39 Å². The molecular weight excluding hydrogens is 605 g/mol. The summed E-state index contributed by atoms with van der Waals surface area (Å²) in [7, 11) is 1.62. The van der Waals surface area contributed by atoms with Crippen LogP contribution in [-0.4, -0.2) is 76.0 Å². The van der Waals surface area contributed by atoms with Gasteiger partial charge in [-0.05, 0) is 48.6 Å². The number of carbonyl (C=O) groups is 3. The van der Waals surface area contributed by atoms with Crippen molar-refractivity contribution in [1.29, 1.82) is 0 Å². The summed E-state index contributed by atoms with van der Waals surface area (Å²) in [5, 5.41) is 2.26. The Balaban J connectivity index is 1.31. The number of hydrogen-bond acceptors (Lipinski definition) is 6. The third-order valence-electron chi connectivity index (χ3n) is 8.45. The van der Waals surface area contributed by atoms with Gasteiger partial charge >= 0.3 is 5.69 Å². The van der Waals surface area contributed by atoms with Gasteiger partial charge in [0.05, 0.1) is 24.1 Å². The lowest BCUT2D eigenvalue weighted by atomic mass is 10.0. The Morgan fingerprint density at radius 3 is 2.51 bits per heavy atom. The largest absolute Gasteiger partial charge is 0.497 e. The number of fused-ring (bicyclic) bond motifs is 1. The number of aromatic nitrogens is 2. The first-order valence-electron chi connectivity index (χ1n) is 14.8. The third-order valence-corrected chi connectivity index (χ3v) is 8.83. The summed E-state index contributed by atoms with van der Waals surface area (Å²) in [6.45, 7) is 2.17. The number of benzene rings is 2. The predicted molar refractivity (Wildman–Crippen MR) is 166 cm³/mol. The summed E-state index contributed by atoms with van der Waals surface area (Å²) in [6.07, 6.45) is 3.44. The fraction of sp³-hybridized carbons (Fsp3) is 0.406. The van der Waals surface area contributed by atoms with E-state index in [1.807, 2.05) is 23.1 Å². The molecule has 11 nitrogen and oxygen atoms in total. The fourth-order valence-corrected chi connectivity index (χ4v) is 6.26. The topological polar surface area (TPSA) is 123 Å². The van der Waals surface area contributed by atoms with Crippen molar-refractivity contribution >= 4 is 29.3 Å². The summed E-state index contributed by atoms with van der Waals surface area (Å²) in [5.74, 6) is -0.588. The summed E-state index contributed by atoms with van der Waals surface area (Å²) < 4.78 is 21.7. The molecule has 2 aliphatic rings. The number of halogens is 2. The zero-order valence-corrected chi connectivity index (χ0v) is 25.9. The van der Waals surface area contributed by atoms with E-state index in [0.717, 1.165) is 38.5 Å². The lowest BCUT2D eigenvalue weighted by Gasteiger charge is -2.38. The molecule has 1 N–H and O–H groups in total. The summed E-state index contributed by atoms with van der Waals surface area (Å²) in [4.78, 5) is 68.3. The van der Waals surface area contributed by atoms with Crippen LogP contribution in [0.3, 0.4) is 0 Å². The third kappa shape index (κ3) is 6.95. The molecule has 1 fully saturated rings. The van der Waals surface area contributed by atoms with Gasteiger partial charge in [0.2, 0.25) is 17.7 Å². The number of hydrogen-bond donors (Lipinski definition) is 1. The van der Waals surface area contributed by atoms with Gasteiger partial charge in [-0.1, -0.05) is 29.8 Å². The van der Waals surface area contributed by atoms with Crippen molar-refractivity contribution < 1.29 is 23.5 Å². The molecular formula is C32H35ClFN5O6. The highest BCUT2D eigenvalue weighted by Crippen LogP contribution is 2.28. The summed E-state index contributed by atoms with van der Waals surface area (Å²) in [5.41, 5.74) is 0.673. The standard InChI is InChI=1S/C32H35ClFN5O6/c1-20(40)35-11-15-39-31(43)26(25-4-3-5-27(34)30(25)33)18-37(32(39)44)19-29(42)36-12-9-23(10-13-36)38-14-8-22-16-24(45-2)7-6-21(22)17-28(38)41/h3-7,16,18,23H,8-15,17,19H2,1-2H3,(H,35,40). The molecule has 0 saturated carbocycles. The molecule has 0 aliphatic carbocycles. The first-order chi connectivity index (χ1) is 21.6. The first kappa shape index (κ1) is 32.0. The van der Waals surface area contributed by atoms with E-state index in [-0.39, 0.29) is 59.5 Å². The van der Waals surface area contributed by atoms with Gasteiger partial charge in [0, 0.05) is 57.4 Å². The fourth-order valence-electron chi connectivity index (χ4n) is 6.03. The average Bonchev–Trinajstić information content (AvgIpc) is 3.19. The maximum Gasteiger partial charge on any atom is 0.331 e. The van der Waals surface area contributed by atoms with Crippen molar-refractivity contribution in [3.8, 4) is 16.9 Å². The van der Waals surface area contributed by atoms with Crippen LogP contribution in [0.25, 0.3) is 11.1 Å². The zero-order chi connectivity index (χ0) is 32.2.